The van der Waals surface area contributed by atoms with E-state index in [-0.39, 0.29) is 6.04 Å². The van der Waals surface area contributed by atoms with Crippen LogP contribution in [0.1, 0.15) is 22.7 Å². The highest BCUT2D eigenvalue weighted by atomic mass is 127. The summed E-state index contributed by atoms with van der Waals surface area (Å²) < 4.78 is 1.31. The normalized spacial score (nSPS) is 12.4. The van der Waals surface area contributed by atoms with Crippen LogP contribution in [0.2, 0.25) is 5.02 Å². The van der Waals surface area contributed by atoms with E-state index < -0.39 is 0 Å². The first-order valence-electron chi connectivity index (χ1n) is 6.14. The molecule has 0 aliphatic rings. The monoisotopic (exact) mass is 386 g/mol. The van der Waals surface area contributed by atoms with E-state index in [0.717, 1.165) is 17.0 Å². The molecule has 0 aliphatic carbocycles. The highest BCUT2D eigenvalue weighted by Gasteiger charge is 2.15. The molecule has 1 aromatic carbocycles. The van der Waals surface area contributed by atoms with Crippen molar-refractivity contribution in [1.82, 2.24) is 10.3 Å². The van der Waals surface area contributed by atoms with Crippen molar-refractivity contribution in [2.75, 3.05) is 7.05 Å². The first kappa shape index (κ1) is 14.8. The summed E-state index contributed by atoms with van der Waals surface area (Å²) in [6, 6.07) is 8.65. The van der Waals surface area contributed by atoms with E-state index in [1.807, 2.05) is 13.1 Å². The lowest BCUT2D eigenvalue weighted by molar-refractivity contribution is 0.589. The van der Waals surface area contributed by atoms with E-state index >= 15 is 0 Å². The summed E-state index contributed by atoms with van der Waals surface area (Å²) in [6.07, 6.45) is 4.34. The Kier molecular flexibility index (Phi) is 5.19. The summed E-state index contributed by atoms with van der Waals surface area (Å²) in [6.45, 7) is 2.14. The highest BCUT2D eigenvalue weighted by Crippen LogP contribution is 2.27. The maximum Gasteiger partial charge on any atom is 0.0622 e. The standard InChI is InChI=1S/C15H16ClIN2/c1-10-4-3-5-12(15(10)17)14(18-2)8-11-6-7-19-9-13(11)16/h3-7,9,14,18H,8H2,1-2H3. The number of hydrogen-bond donors (Lipinski definition) is 1. The number of aryl methyl sites for hydroxylation is 1. The topological polar surface area (TPSA) is 24.9 Å². The second-order valence-corrected chi connectivity index (χ2v) is 5.98. The van der Waals surface area contributed by atoms with Gasteiger partial charge in [-0.15, -0.1) is 0 Å². The van der Waals surface area contributed by atoms with Crippen molar-refractivity contribution >= 4 is 34.2 Å². The second-order valence-electron chi connectivity index (χ2n) is 4.49. The maximum absolute atomic E-state index is 6.19. The Morgan fingerprint density at radius 1 is 1.37 bits per heavy atom. The molecule has 1 N–H and O–H groups in total. The van der Waals surface area contributed by atoms with Crippen LogP contribution >= 0.6 is 34.2 Å². The van der Waals surface area contributed by atoms with Gasteiger partial charge in [0.05, 0.1) is 5.02 Å². The third-order valence-corrected chi connectivity index (χ3v) is 5.04. The van der Waals surface area contributed by atoms with Crippen LogP contribution in [0.4, 0.5) is 0 Å². The van der Waals surface area contributed by atoms with Gasteiger partial charge in [0.1, 0.15) is 0 Å². The van der Waals surface area contributed by atoms with Crippen molar-refractivity contribution in [2.45, 2.75) is 19.4 Å². The van der Waals surface area contributed by atoms with Gasteiger partial charge >= 0.3 is 0 Å². The summed E-state index contributed by atoms with van der Waals surface area (Å²) in [7, 11) is 1.98. The van der Waals surface area contributed by atoms with Gasteiger partial charge in [-0.3, -0.25) is 4.98 Å². The van der Waals surface area contributed by atoms with Gasteiger partial charge in [-0.2, -0.15) is 0 Å². The third-order valence-electron chi connectivity index (χ3n) is 3.23. The number of pyridine rings is 1. The summed E-state index contributed by atoms with van der Waals surface area (Å²) >= 11 is 8.60. The minimum absolute atomic E-state index is 0.256. The lowest BCUT2D eigenvalue weighted by Gasteiger charge is -2.19. The molecule has 1 aromatic heterocycles. The maximum atomic E-state index is 6.19. The van der Waals surface area contributed by atoms with Crippen molar-refractivity contribution in [3.8, 4) is 0 Å². The van der Waals surface area contributed by atoms with Gasteiger partial charge in [-0.25, -0.2) is 0 Å². The number of halogens is 2. The van der Waals surface area contributed by atoms with Crippen LogP contribution in [-0.4, -0.2) is 12.0 Å². The minimum atomic E-state index is 0.256. The molecule has 2 rings (SSSR count). The molecule has 1 unspecified atom stereocenters. The fraction of sp³-hybridized carbons (Fsp3) is 0.267. The number of aromatic nitrogens is 1. The number of hydrogen-bond acceptors (Lipinski definition) is 2. The molecular weight excluding hydrogens is 371 g/mol. The molecular formula is C15H16ClIN2. The smallest absolute Gasteiger partial charge is 0.0622 e. The molecule has 19 heavy (non-hydrogen) atoms. The molecule has 0 aliphatic heterocycles. The highest BCUT2D eigenvalue weighted by molar-refractivity contribution is 14.1. The van der Waals surface area contributed by atoms with Crippen molar-refractivity contribution in [2.24, 2.45) is 0 Å². The van der Waals surface area contributed by atoms with E-state index in [9.17, 15) is 0 Å². The van der Waals surface area contributed by atoms with Crippen LogP contribution in [0.15, 0.2) is 36.7 Å². The van der Waals surface area contributed by atoms with E-state index in [0.29, 0.717) is 0 Å². The molecule has 100 valence electrons. The van der Waals surface area contributed by atoms with Gasteiger partial charge in [0.2, 0.25) is 0 Å². The predicted octanol–water partition coefficient (Wildman–Crippen LogP) is 4.15. The Balaban J connectivity index is 2.31. The zero-order chi connectivity index (χ0) is 13.8. The first-order valence-corrected chi connectivity index (χ1v) is 7.59. The van der Waals surface area contributed by atoms with E-state index in [1.54, 1.807) is 12.4 Å². The average Bonchev–Trinajstić information content (AvgIpc) is 2.41. The molecule has 0 bridgehead atoms. The third kappa shape index (κ3) is 3.46. The van der Waals surface area contributed by atoms with Crippen molar-refractivity contribution in [3.05, 3.63) is 61.9 Å². The van der Waals surface area contributed by atoms with E-state index in [1.165, 1.54) is 14.7 Å². The van der Waals surface area contributed by atoms with E-state index in [4.69, 9.17) is 11.6 Å². The Bertz CT molecular complexity index is 572. The zero-order valence-corrected chi connectivity index (χ0v) is 13.9. The summed E-state index contributed by atoms with van der Waals surface area (Å²) in [5, 5.41) is 4.11. The lowest BCUT2D eigenvalue weighted by atomic mass is 9.98. The van der Waals surface area contributed by atoms with Crippen molar-refractivity contribution in [3.63, 3.8) is 0 Å². The molecule has 0 amide bonds. The van der Waals surface area contributed by atoms with Gasteiger partial charge in [0.15, 0.2) is 0 Å². The number of benzene rings is 1. The fourth-order valence-corrected chi connectivity index (χ4v) is 3.03. The zero-order valence-electron chi connectivity index (χ0n) is 11.0. The molecule has 1 heterocycles. The second kappa shape index (κ2) is 6.68. The van der Waals surface area contributed by atoms with Crippen LogP contribution < -0.4 is 5.32 Å². The number of nitrogens with one attached hydrogen (secondary N) is 1. The number of rotatable bonds is 4. The number of likely N-dealkylation sites (N-methyl/N-ethyl adjacent to an activating group) is 1. The van der Waals surface area contributed by atoms with Crippen LogP contribution in [0.3, 0.4) is 0 Å². The molecule has 2 aromatic rings. The Morgan fingerprint density at radius 2 is 2.16 bits per heavy atom. The van der Waals surface area contributed by atoms with Crippen molar-refractivity contribution < 1.29 is 0 Å². The molecule has 1 atom stereocenters. The van der Waals surface area contributed by atoms with Gasteiger partial charge in [0.25, 0.3) is 0 Å². The predicted molar refractivity (Wildman–Crippen MR) is 88.6 cm³/mol. The Hall–Kier alpha value is -0.650. The Labute approximate surface area is 132 Å². The fourth-order valence-electron chi connectivity index (χ4n) is 2.10. The molecule has 0 saturated heterocycles. The van der Waals surface area contributed by atoms with Gasteiger partial charge in [0, 0.05) is 22.0 Å². The quantitative estimate of drug-likeness (QED) is 0.799. The van der Waals surface area contributed by atoms with Crippen LogP contribution in [-0.2, 0) is 6.42 Å². The van der Waals surface area contributed by atoms with Gasteiger partial charge in [-0.05, 0) is 65.7 Å². The molecule has 0 spiro atoms. The van der Waals surface area contributed by atoms with Crippen LogP contribution in [0.25, 0.3) is 0 Å². The SMILES string of the molecule is CNC(Cc1ccncc1Cl)c1cccc(C)c1I. The largest absolute Gasteiger partial charge is 0.313 e. The number of nitrogens with zero attached hydrogens (tertiary/aromatic N) is 1. The van der Waals surface area contributed by atoms with Crippen LogP contribution in [0, 0.1) is 10.5 Å². The summed E-state index contributed by atoms with van der Waals surface area (Å²) in [5.41, 5.74) is 3.74. The van der Waals surface area contributed by atoms with Crippen LogP contribution in [0.5, 0.6) is 0 Å². The average molecular weight is 387 g/mol. The molecule has 0 saturated carbocycles. The lowest BCUT2D eigenvalue weighted by Crippen LogP contribution is -2.20. The molecule has 4 heteroatoms. The van der Waals surface area contributed by atoms with Crippen molar-refractivity contribution in [1.29, 1.82) is 0 Å². The first-order chi connectivity index (χ1) is 9.13. The molecule has 2 nitrogen and oxygen atoms in total. The molecule has 0 fully saturated rings. The summed E-state index contributed by atoms with van der Waals surface area (Å²) in [4.78, 5) is 4.03. The molecule has 0 radical (unpaired) electrons. The Morgan fingerprint density at radius 3 is 2.84 bits per heavy atom. The summed E-state index contributed by atoms with van der Waals surface area (Å²) in [5.74, 6) is 0. The van der Waals surface area contributed by atoms with Gasteiger partial charge in [-0.1, -0.05) is 29.8 Å². The van der Waals surface area contributed by atoms with E-state index in [2.05, 4.69) is 58.0 Å². The minimum Gasteiger partial charge on any atom is -0.313 e. The van der Waals surface area contributed by atoms with Gasteiger partial charge < -0.3 is 5.32 Å².